The number of unbranched alkanes of at least 4 members (excludes halogenated alkanes) is 8. The highest BCUT2D eigenvalue weighted by molar-refractivity contribution is 5.02. The second-order valence-electron chi connectivity index (χ2n) is 7.42. The van der Waals surface area contributed by atoms with Gasteiger partial charge in [0.25, 0.3) is 0 Å². The maximum atomic E-state index is 9.91. The predicted octanol–water partition coefficient (Wildman–Crippen LogP) is 5.78. The zero-order valence-corrected chi connectivity index (χ0v) is 17.1. The molecule has 0 spiro atoms. The molecule has 0 rings (SSSR count). The van der Waals surface area contributed by atoms with Gasteiger partial charge in [-0.1, -0.05) is 78.7 Å². The Morgan fingerprint density at radius 3 is 1.88 bits per heavy atom. The highest BCUT2D eigenvalue weighted by Crippen LogP contribution is 2.18. The summed E-state index contributed by atoms with van der Waals surface area (Å²) < 4.78 is 5.83. The summed E-state index contributed by atoms with van der Waals surface area (Å²) in [6.45, 7) is 10.7. The third-order valence-corrected chi connectivity index (χ3v) is 4.93. The molecule has 0 heterocycles. The largest absolute Gasteiger partial charge is 0.393 e. The molecule has 0 saturated heterocycles. The van der Waals surface area contributed by atoms with Crippen LogP contribution in [0.25, 0.3) is 0 Å². The smallest absolute Gasteiger partial charge is 0.0798 e. The molecule has 0 aliphatic heterocycles. The van der Waals surface area contributed by atoms with Gasteiger partial charge in [0.15, 0.2) is 0 Å². The molecule has 3 nitrogen and oxygen atoms in total. The Hall–Kier alpha value is -0.380. The molecule has 25 heavy (non-hydrogen) atoms. The average molecular weight is 357 g/mol. The average Bonchev–Trinajstić information content (AvgIpc) is 2.60. The second kappa shape index (κ2) is 17.1. The third-order valence-electron chi connectivity index (χ3n) is 4.93. The van der Waals surface area contributed by atoms with E-state index in [-0.39, 0.29) is 12.7 Å². The summed E-state index contributed by atoms with van der Waals surface area (Å²) in [4.78, 5) is 0. The minimum Gasteiger partial charge on any atom is -0.393 e. The van der Waals surface area contributed by atoms with E-state index in [2.05, 4.69) is 20.4 Å². The molecule has 0 aliphatic carbocycles. The van der Waals surface area contributed by atoms with Crippen LogP contribution in [0.5, 0.6) is 0 Å². The highest BCUT2D eigenvalue weighted by atomic mass is 16.5. The lowest BCUT2D eigenvalue weighted by Gasteiger charge is -2.22. The summed E-state index contributed by atoms with van der Waals surface area (Å²) in [5, 5.41) is 19.5. The normalized spacial score (nSPS) is 15.1. The van der Waals surface area contributed by atoms with Crippen LogP contribution in [0.1, 0.15) is 104 Å². The quantitative estimate of drug-likeness (QED) is 0.242. The van der Waals surface area contributed by atoms with Crippen LogP contribution < -0.4 is 0 Å². The SMILES string of the molecule is C=C(CCCCCCCCCCC)C(CC)OCC(O)C[C@H](O)CC. The van der Waals surface area contributed by atoms with Crippen molar-refractivity contribution < 1.29 is 14.9 Å². The molecule has 0 saturated carbocycles. The van der Waals surface area contributed by atoms with Crippen LogP contribution in [-0.2, 0) is 4.74 Å². The van der Waals surface area contributed by atoms with Crippen LogP contribution in [0, 0.1) is 0 Å². The molecule has 150 valence electrons. The van der Waals surface area contributed by atoms with Crippen molar-refractivity contribution in [1.29, 1.82) is 0 Å². The van der Waals surface area contributed by atoms with Crippen LogP contribution in [0.2, 0.25) is 0 Å². The first-order valence-corrected chi connectivity index (χ1v) is 10.7. The van der Waals surface area contributed by atoms with Gasteiger partial charge in [-0.2, -0.15) is 0 Å². The van der Waals surface area contributed by atoms with Crippen molar-refractivity contribution in [2.75, 3.05) is 6.61 Å². The molecule has 2 N–H and O–H groups in total. The first-order chi connectivity index (χ1) is 12.0. The van der Waals surface area contributed by atoms with E-state index < -0.39 is 12.2 Å². The van der Waals surface area contributed by atoms with Gasteiger partial charge in [-0.15, -0.1) is 0 Å². The first kappa shape index (κ1) is 24.6. The van der Waals surface area contributed by atoms with Crippen LogP contribution in [0.15, 0.2) is 12.2 Å². The molecule has 2 unspecified atom stereocenters. The van der Waals surface area contributed by atoms with Crippen molar-refractivity contribution in [1.82, 2.24) is 0 Å². The van der Waals surface area contributed by atoms with E-state index in [1.165, 1.54) is 57.8 Å². The van der Waals surface area contributed by atoms with Gasteiger partial charge in [-0.05, 0) is 31.3 Å². The van der Waals surface area contributed by atoms with Crippen LogP contribution in [-0.4, -0.2) is 35.1 Å². The number of ether oxygens (including phenoxy) is 1. The third kappa shape index (κ3) is 14.5. The Balaban J connectivity index is 3.73. The lowest BCUT2D eigenvalue weighted by atomic mass is 10.0. The van der Waals surface area contributed by atoms with Gasteiger partial charge in [0.1, 0.15) is 0 Å². The van der Waals surface area contributed by atoms with Crippen molar-refractivity contribution in [3.8, 4) is 0 Å². The Morgan fingerprint density at radius 1 is 0.800 bits per heavy atom. The van der Waals surface area contributed by atoms with Crippen LogP contribution >= 0.6 is 0 Å². The maximum Gasteiger partial charge on any atom is 0.0798 e. The van der Waals surface area contributed by atoms with Crippen molar-refractivity contribution in [3.63, 3.8) is 0 Å². The molecule has 0 bridgehead atoms. The Labute approximate surface area is 156 Å². The molecule has 0 aromatic rings. The standard InChI is InChI=1S/C22H44O3/c1-5-8-9-10-11-12-13-14-15-16-19(4)22(7-3)25-18-21(24)17-20(23)6-2/h20-24H,4-18H2,1-3H3/t20-,21?,22?/m1/s1. The first-order valence-electron chi connectivity index (χ1n) is 10.7. The molecule has 0 fully saturated rings. The Bertz CT molecular complexity index is 304. The fourth-order valence-corrected chi connectivity index (χ4v) is 3.12. The lowest BCUT2D eigenvalue weighted by molar-refractivity contribution is -0.0175. The molecule has 0 aromatic carbocycles. The minimum absolute atomic E-state index is 0.0301. The predicted molar refractivity (Wildman–Crippen MR) is 108 cm³/mol. The lowest BCUT2D eigenvalue weighted by Crippen LogP contribution is -2.26. The van der Waals surface area contributed by atoms with Crippen LogP contribution in [0.4, 0.5) is 0 Å². The molecule has 3 heteroatoms. The molecule has 0 aliphatic rings. The van der Waals surface area contributed by atoms with E-state index in [1.54, 1.807) is 0 Å². The van der Waals surface area contributed by atoms with Gasteiger partial charge in [-0.25, -0.2) is 0 Å². The zero-order chi connectivity index (χ0) is 18.9. The number of hydrogen-bond acceptors (Lipinski definition) is 3. The molecular formula is C22H44O3. The summed E-state index contributed by atoms with van der Waals surface area (Å²) in [6.07, 6.45) is 14.0. The zero-order valence-electron chi connectivity index (χ0n) is 17.1. The fraction of sp³-hybridized carbons (Fsp3) is 0.909. The summed E-state index contributed by atoms with van der Waals surface area (Å²) in [5.74, 6) is 0. The number of aliphatic hydroxyl groups excluding tert-OH is 2. The summed E-state index contributed by atoms with van der Waals surface area (Å²) >= 11 is 0. The van der Waals surface area contributed by atoms with Crippen molar-refractivity contribution in [3.05, 3.63) is 12.2 Å². The molecular weight excluding hydrogens is 312 g/mol. The van der Waals surface area contributed by atoms with E-state index in [0.717, 1.165) is 18.4 Å². The molecule has 0 amide bonds. The van der Waals surface area contributed by atoms with Crippen LogP contribution in [0.3, 0.4) is 0 Å². The van der Waals surface area contributed by atoms with Gasteiger partial charge < -0.3 is 14.9 Å². The topological polar surface area (TPSA) is 49.7 Å². The molecule has 0 aromatic heterocycles. The van der Waals surface area contributed by atoms with E-state index in [9.17, 15) is 10.2 Å². The second-order valence-corrected chi connectivity index (χ2v) is 7.42. The summed E-state index contributed by atoms with van der Waals surface area (Å²) in [5.41, 5.74) is 1.15. The Kier molecular flexibility index (Phi) is 16.8. The maximum absolute atomic E-state index is 9.91. The van der Waals surface area contributed by atoms with Gasteiger partial charge in [0.05, 0.1) is 24.9 Å². The van der Waals surface area contributed by atoms with Gasteiger partial charge in [0, 0.05) is 6.42 Å². The number of hydrogen-bond donors (Lipinski definition) is 2. The van der Waals surface area contributed by atoms with E-state index >= 15 is 0 Å². The number of rotatable bonds is 18. The Morgan fingerprint density at radius 2 is 1.36 bits per heavy atom. The van der Waals surface area contributed by atoms with Gasteiger partial charge >= 0.3 is 0 Å². The fourth-order valence-electron chi connectivity index (χ4n) is 3.12. The van der Waals surface area contributed by atoms with E-state index in [4.69, 9.17) is 4.74 Å². The monoisotopic (exact) mass is 356 g/mol. The summed E-state index contributed by atoms with van der Waals surface area (Å²) in [7, 11) is 0. The van der Waals surface area contributed by atoms with Crippen molar-refractivity contribution >= 4 is 0 Å². The molecule has 3 atom stereocenters. The number of aliphatic hydroxyl groups is 2. The van der Waals surface area contributed by atoms with E-state index in [1.807, 2.05) is 6.92 Å². The van der Waals surface area contributed by atoms with Gasteiger partial charge in [0.2, 0.25) is 0 Å². The van der Waals surface area contributed by atoms with E-state index in [0.29, 0.717) is 12.8 Å². The minimum atomic E-state index is -0.593. The molecule has 0 radical (unpaired) electrons. The summed E-state index contributed by atoms with van der Waals surface area (Å²) in [6, 6.07) is 0. The highest BCUT2D eigenvalue weighted by Gasteiger charge is 2.15. The van der Waals surface area contributed by atoms with Crippen molar-refractivity contribution in [2.45, 2.75) is 123 Å². The van der Waals surface area contributed by atoms with Crippen molar-refractivity contribution in [2.24, 2.45) is 0 Å². The van der Waals surface area contributed by atoms with Gasteiger partial charge in [-0.3, -0.25) is 0 Å².